The Bertz CT molecular complexity index is 584. The van der Waals surface area contributed by atoms with Gasteiger partial charge in [0.05, 0.1) is 11.9 Å². The Labute approximate surface area is 126 Å². The van der Waals surface area contributed by atoms with E-state index in [0.29, 0.717) is 6.04 Å². The second-order valence-electron chi connectivity index (χ2n) is 6.64. The normalized spacial score (nSPS) is 19.9. The first kappa shape index (κ1) is 13.1. The van der Waals surface area contributed by atoms with Crippen LogP contribution < -0.4 is 5.32 Å². The highest BCUT2D eigenvalue weighted by molar-refractivity contribution is 5.31. The molecule has 3 heteroatoms. The molecule has 0 radical (unpaired) electrons. The van der Waals surface area contributed by atoms with E-state index < -0.39 is 0 Å². The molecule has 4 rings (SSSR count). The second-order valence-corrected chi connectivity index (χ2v) is 6.64. The van der Waals surface area contributed by atoms with Crippen LogP contribution in [0.15, 0.2) is 42.7 Å². The van der Waals surface area contributed by atoms with Gasteiger partial charge in [0.25, 0.3) is 0 Å². The zero-order valence-corrected chi connectivity index (χ0v) is 12.6. The molecule has 1 N–H and O–H groups in total. The minimum Gasteiger partial charge on any atom is -0.307 e. The summed E-state index contributed by atoms with van der Waals surface area (Å²) in [5.41, 5.74) is 2.40. The Hall–Kier alpha value is -1.61. The smallest absolute Gasteiger partial charge is 0.0645 e. The van der Waals surface area contributed by atoms with Crippen molar-refractivity contribution >= 4 is 0 Å². The molecule has 1 aromatic carbocycles. The highest BCUT2D eigenvalue weighted by atomic mass is 15.3. The molecule has 1 heterocycles. The Morgan fingerprint density at radius 1 is 1.10 bits per heavy atom. The quantitative estimate of drug-likeness (QED) is 0.874. The van der Waals surface area contributed by atoms with Gasteiger partial charge in [0.2, 0.25) is 0 Å². The van der Waals surface area contributed by atoms with E-state index in [0.717, 1.165) is 23.6 Å². The fourth-order valence-corrected chi connectivity index (χ4v) is 3.23. The van der Waals surface area contributed by atoms with E-state index in [2.05, 4.69) is 47.8 Å². The Morgan fingerprint density at radius 2 is 1.76 bits per heavy atom. The van der Waals surface area contributed by atoms with Crippen molar-refractivity contribution in [2.45, 2.75) is 44.7 Å². The van der Waals surface area contributed by atoms with Gasteiger partial charge in [0.1, 0.15) is 0 Å². The van der Waals surface area contributed by atoms with Crippen LogP contribution in [0.1, 0.15) is 44.2 Å². The van der Waals surface area contributed by atoms with E-state index in [4.69, 9.17) is 0 Å². The number of rotatable bonds is 6. The molecule has 0 spiro atoms. The van der Waals surface area contributed by atoms with Crippen molar-refractivity contribution in [2.75, 3.05) is 0 Å². The average molecular weight is 281 g/mol. The van der Waals surface area contributed by atoms with Crippen LogP contribution in [0.2, 0.25) is 0 Å². The molecule has 2 aliphatic rings. The van der Waals surface area contributed by atoms with Crippen LogP contribution in [-0.2, 0) is 0 Å². The lowest BCUT2D eigenvalue weighted by Crippen LogP contribution is -2.35. The molecule has 1 unspecified atom stereocenters. The lowest BCUT2D eigenvalue weighted by molar-refractivity contribution is 0.377. The maximum Gasteiger partial charge on any atom is 0.0645 e. The fraction of sp³-hybridized carbons (Fsp3) is 0.500. The summed E-state index contributed by atoms with van der Waals surface area (Å²) < 4.78 is 1.97. The number of hydrogen-bond donors (Lipinski definition) is 1. The predicted molar refractivity (Wildman–Crippen MR) is 84.4 cm³/mol. The molecule has 2 aliphatic carbocycles. The standard InChI is InChI=1S/C18H23N3/c1-13(20-18(14-7-8-14)15-9-10-15)16-11-19-21(12-16)17-5-3-2-4-6-17/h2-6,11-15,18,20H,7-10H2,1H3. The number of hydrogen-bond acceptors (Lipinski definition) is 2. The summed E-state index contributed by atoms with van der Waals surface area (Å²) in [6, 6.07) is 11.4. The van der Waals surface area contributed by atoms with Crippen LogP contribution in [0.5, 0.6) is 0 Å². The van der Waals surface area contributed by atoms with Gasteiger partial charge in [-0.05, 0) is 56.6 Å². The molecular formula is C18H23N3. The van der Waals surface area contributed by atoms with E-state index in [-0.39, 0.29) is 0 Å². The monoisotopic (exact) mass is 281 g/mol. The Morgan fingerprint density at radius 3 is 2.38 bits per heavy atom. The molecule has 1 atom stereocenters. The molecule has 0 bridgehead atoms. The third-order valence-corrected chi connectivity index (χ3v) is 4.83. The summed E-state index contributed by atoms with van der Waals surface area (Å²) in [5.74, 6) is 1.87. The maximum atomic E-state index is 4.51. The summed E-state index contributed by atoms with van der Waals surface area (Å²) in [7, 11) is 0. The van der Waals surface area contributed by atoms with Crippen molar-refractivity contribution in [1.82, 2.24) is 15.1 Å². The van der Waals surface area contributed by atoms with Gasteiger partial charge < -0.3 is 5.32 Å². The minimum absolute atomic E-state index is 0.383. The topological polar surface area (TPSA) is 29.9 Å². The maximum absolute atomic E-state index is 4.51. The summed E-state index contributed by atoms with van der Waals surface area (Å²) >= 11 is 0. The van der Waals surface area contributed by atoms with Crippen molar-refractivity contribution < 1.29 is 0 Å². The molecular weight excluding hydrogens is 258 g/mol. The highest BCUT2D eigenvalue weighted by Gasteiger charge is 2.41. The van der Waals surface area contributed by atoms with E-state index in [1.165, 1.54) is 31.2 Å². The van der Waals surface area contributed by atoms with Crippen LogP contribution >= 0.6 is 0 Å². The van der Waals surface area contributed by atoms with Gasteiger partial charge in [0.15, 0.2) is 0 Å². The molecule has 0 amide bonds. The van der Waals surface area contributed by atoms with Gasteiger partial charge >= 0.3 is 0 Å². The van der Waals surface area contributed by atoms with E-state index >= 15 is 0 Å². The number of nitrogens with zero attached hydrogens (tertiary/aromatic N) is 2. The molecule has 0 aliphatic heterocycles. The van der Waals surface area contributed by atoms with Crippen LogP contribution in [0.25, 0.3) is 5.69 Å². The molecule has 0 saturated heterocycles. The van der Waals surface area contributed by atoms with Crippen LogP contribution in [-0.4, -0.2) is 15.8 Å². The van der Waals surface area contributed by atoms with Crippen molar-refractivity contribution in [1.29, 1.82) is 0 Å². The Balaban J connectivity index is 1.47. The van der Waals surface area contributed by atoms with E-state index in [1.807, 2.05) is 16.9 Å². The van der Waals surface area contributed by atoms with Gasteiger partial charge in [0, 0.05) is 23.8 Å². The molecule has 2 aromatic rings. The summed E-state index contributed by atoms with van der Waals surface area (Å²) in [4.78, 5) is 0. The number of benzene rings is 1. The Kier molecular flexibility index (Phi) is 3.30. The molecule has 1 aromatic heterocycles. The van der Waals surface area contributed by atoms with Crippen molar-refractivity contribution in [2.24, 2.45) is 11.8 Å². The van der Waals surface area contributed by atoms with Crippen LogP contribution in [0.3, 0.4) is 0 Å². The third-order valence-electron chi connectivity index (χ3n) is 4.83. The summed E-state index contributed by atoms with van der Waals surface area (Å²) in [5, 5.41) is 8.38. The molecule has 3 nitrogen and oxygen atoms in total. The average Bonchev–Trinajstić information content (AvgIpc) is 3.44. The molecule has 21 heavy (non-hydrogen) atoms. The molecule has 110 valence electrons. The first-order chi connectivity index (χ1) is 10.3. The summed E-state index contributed by atoms with van der Waals surface area (Å²) in [6.45, 7) is 2.27. The van der Waals surface area contributed by atoms with Crippen molar-refractivity contribution in [3.8, 4) is 5.69 Å². The van der Waals surface area contributed by atoms with E-state index in [9.17, 15) is 0 Å². The molecule has 2 fully saturated rings. The van der Waals surface area contributed by atoms with Crippen molar-refractivity contribution in [3.63, 3.8) is 0 Å². The minimum atomic E-state index is 0.383. The van der Waals surface area contributed by atoms with Crippen LogP contribution in [0, 0.1) is 11.8 Å². The van der Waals surface area contributed by atoms with Gasteiger partial charge in [-0.15, -0.1) is 0 Å². The largest absolute Gasteiger partial charge is 0.307 e. The second kappa shape index (κ2) is 5.30. The number of nitrogens with one attached hydrogen (secondary N) is 1. The van der Waals surface area contributed by atoms with Gasteiger partial charge in [-0.25, -0.2) is 4.68 Å². The van der Waals surface area contributed by atoms with Crippen LogP contribution in [0.4, 0.5) is 0 Å². The van der Waals surface area contributed by atoms with Crippen molar-refractivity contribution in [3.05, 3.63) is 48.3 Å². The zero-order valence-electron chi connectivity index (χ0n) is 12.6. The van der Waals surface area contributed by atoms with Gasteiger partial charge in [-0.1, -0.05) is 18.2 Å². The SMILES string of the molecule is CC(NC(C1CC1)C1CC1)c1cnn(-c2ccccc2)c1. The number of para-hydroxylation sites is 1. The lowest BCUT2D eigenvalue weighted by atomic mass is 10.0. The lowest BCUT2D eigenvalue weighted by Gasteiger charge is -2.22. The fourth-order valence-electron chi connectivity index (χ4n) is 3.23. The first-order valence-corrected chi connectivity index (χ1v) is 8.17. The zero-order chi connectivity index (χ0) is 14.2. The van der Waals surface area contributed by atoms with Gasteiger partial charge in [-0.3, -0.25) is 0 Å². The predicted octanol–water partition coefficient (Wildman–Crippen LogP) is 3.71. The highest BCUT2D eigenvalue weighted by Crippen LogP contribution is 2.45. The summed E-state index contributed by atoms with van der Waals surface area (Å²) in [6.07, 6.45) is 9.84. The van der Waals surface area contributed by atoms with E-state index in [1.54, 1.807) is 0 Å². The molecule has 2 saturated carbocycles. The first-order valence-electron chi connectivity index (χ1n) is 8.17. The number of aromatic nitrogens is 2. The third kappa shape index (κ3) is 2.88. The van der Waals surface area contributed by atoms with Gasteiger partial charge in [-0.2, -0.15) is 5.10 Å².